The Morgan fingerprint density at radius 3 is 2.59 bits per heavy atom. The highest BCUT2D eigenvalue weighted by atomic mass is 16.6. The Labute approximate surface area is 154 Å². The Morgan fingerprint density at radius 2 is 1.93 bits per heavy atom. The van der Waals surface area contributed by atoms with Gasteiger partial charge in [-0.2, -0.15) is 0 Å². The van der Waals surface area contributed by atoms with E-state index < -0.39 is 10.8 Å². The topological polar surface area (TPSA) is 108 Å². The van der Waals surface area contributed by atoms with Crippen LogP contribution >= 0.6 is 0 Å². The van der Waals surface area contributed by atoms with Gasteiger partial charge in [-0.25, -0.2) is 0 Å². The first-order valence-corrected chi connectivity index (χ1v) is 8.22. The molecule has 0 unspecified atom stereocenters. The van der Waals surface area contributed by atoms with E-state index in [2.05, 4.69) is 10.5 Å². The molecule has 0 aliphatic carbocycles. The molecule has 8 heteroatoms. The van der Waals surface area contributed by atoms with Crippen LogP contribution in [0.4, 0.5) is 11.4 Å². The molecular formula is C19H17N3O5. The smallest absolute Gasteiger partial charge is 0.277 e. The minimum absolute atomic E-state index is 0.0685. The van der Waals surface area contributed by atoms with Crippen LogP contribution in [0.5, 0.6) is 5.75 Å². The number of benzene rings is 2. The summed E-state index contributed by atoms with van der Waals surface area (Å²) in [7, 11) is 0. The first kappa shape index (κ1) is 18.1. The first-order chi connectivity index (χ1) is 12.9. The molecule has 1 heterocycles. The monoisotopic (exact) mass is 367 g/mol. The van der Waals surface area contributed by atoms with Crippen molar-refractivity contribution in [1.29, 1.82) is 0 Å². The number of non-ortho nitro benzene ring substituents is 1. The molecule has 0 saturated heterocycles. The van der Waals surface area contributed by atoms with Crippen LogP contribution in [0, 0.1) is 10.1 Å². The van der Waals surface area contributed by atoms with Gasteiger partial charge in [-0.15, -0.1) is 0 Å². The molecule has 3 aromatic rings. The van der Waals surface area contributed by atoms with Crippen LogP contribution in [0.1, 0.15) is 24.3 Å². The standard InChI is InChI=1S/C19H17N3O5/c1-12(2)26-16-8-6-13(7-9-16)18-11-17(21-27-18)19(23)20-14-4-3-5-15(10-14)22(24)25/h3-12H,1-2H3,(H,20,23). The third-order valence-corrected chi connectivity index (χ3v) is 3.57. The second-order valence-electron chi connectivity index (χ2n) is 6.03. The van der Waals surface area contributed by atoms with Crippen LogP contribution in [-0.2, 0) is 0 Å². The molecule has 0 bridgehead atoms. The summed E-state index contributed by atoms with van der Waals surface area (Å²) in [6, 6.07) is 14.4. The fourth-order valence-electron chi connectivity index (χ4n) is 2.38. The summed E-state index contributed by atoms with van der Waals surface area (Å²) < 4.78 is 10.8. The fourth-order valence-corrected chi connectivity index (χ4v) is 2.38. The number of nitro groups is 1. The number of rotatable bonds is 6. The Balaban J connectivity index is 1.72. The second kappa shape index (κ2) is 7.69. The van der Waals surface area contributed by atoms with Gasteiger partial charge in [-0.3, -0.25) is 14.9 Å². The Hall–Kier alpha value is -3.68. The summed E-state index contributed by atoms with van der Waals surface area (Å²) in [5.41, 5.74) is 0.998. The molecule has 1 aromatic heterocycles. The van der Waals surface area contributed by atoms with E-state index in [9.17, 15) is 14.9 Å². The minimum Gasteiger partial charge on any atom is -0.491 e. The number of carbonyl (C=O) groups excluding carboxylic acids is 1. The molecule has 0 aliphatic rings. The summed E-state index contributed by atoms with van der Waals surface area (Å²) in [6.45, 7) is 3.88. The predicted octanol–water partition coefficient (Wildman–Crippen LogP) is 4.29. The van der Waals surface area contributed by atoms with Crippen molar-refractivity contribution < 1.29 is 19.0 Å². The van der Waals surface area contributed by atoms with E-state index in [-0.39, 0.29) is 17.5 Å². The molecule has 27 heavy (non-hydrogen) atoms. The minimum atomic E-state index is -0.531. The van der Waals surface area contributed by atoms with Gasteiger partial charge >= 0.3 is 0 Å². The highest BCUT2D eigenvalue weighted by molar-refractivity contribution is 6.03. The van der Waals surface area contributed by atoms with Gasteiger partial charge in [0.2, 0.25) is 0 Å². The largest absolute Gasteiger partial charge is 0.491 e. The average Bonchev–Trinajstić information content (AvgIpc) is 3.12. The van der Waals surface area contributed by atoms with Gasteiger partial charge in [0.1, 0.15) is 5.75 Å². The lowest BCUT2D eigenvalue weighted by Gasteiger charge is -2.09. The van der Waals surface area contributed by atoms with E-state index in [1.54, 1.807) is 30.3 Å². The number of nitrogens with one attached hydrogen (secondary N) is 1. The molecule has 138 valence electrons. The number of carbonyl (C=O) groups is 1. The van der Waals surface area contributed by atoms with Crippen molar-refractivity contribution in [3.05, 3.63) is 70.4 Å². The average molecular weight is 367 g/mol. The maximum atomic E-state index is 12.3. The van der Waals surface area contributed by atoms with Crippen molar-refractivity contribution in [1.82, 2.24) is 5.16 Å². The van der Waals surface area contributed by atoms with Crippen molar-refractivity contribution in [2.45, 2.75) is 20.0 Å². The summed E-state index contributed by atoms with van der Waals surface area (Å²) in [5, 5.41) is 17.1. The second-order valence-corrected chi connectivity index (χ2v) is 6.03. The Morgan fingerprint density at radius 1 is 1.19 bits per heavy atom. The Kier molecular flexibility index (Phi) is 5.16. The molecule has 0 aliphatic heterocycles. The van der Waals surface area contributed by atoms with E-state index in [1.165, 1.54) is 24.3 Å². The van der Waals surface area contributed by atoms with E-state index in [1.807, 2.05) is 13.8 Å². The number of ether oxygens (including phenoxy) is 1. The maximum Gasteiger partial charge on any atom is 0.277 e. The van der Waals surface area contributed by atoms with Gasteiger partial charge < -0.3 is 14.6 Å². The molecule has 0 spiro atoms. The quantitative estimate of drug-likeness (QED) is 0.514. The molecule has 3 rings (SSSR count). The number of aromatic nitrogens is 1. The maximum absolute atomic E-state index is 12.3. The Bertz CT molecular complexity index is 963. The molecule has 1 N–H and O–H groups in total. The zero-order chi connectivity index (χ0) is 19.4. The molecule has 8 nitrogen and oxygen atoms in total. The zero-order valence-corrected chi connectivity index (χ0v) is 14.7. The lowest BCUT2D eigenvalue weighted by Crippen LogP contribution is -2.12. The third kappa shape index (κ3) is 4.49. The number of nitro benzene ring substituents is 1. The number of nitrogens with zero attached hydrogens (tertiary/aromatic N) is 2. The summed E-state index contributed by atoms with van der Waals surface area (Å²) in [6.07, 6.45) is 0.0743. The summed E-state index contributed by atoms with van der Waals surface area (Å²) in [4.78, 5) is 22.6. The lowest BCUT2D eigenvalue weighted by atomic mass is 10.1. The molecule has 1 amide bonds. The van der Waals surface area contributed by atoms with Crippen molar-refractivity contribution >= 4 is 17.3 Å². The molecular weight excluding hydrogens is 350 g/mol. The van der Waals surface area contributed by atoms with Crippen molar-refractivity contribution in [2.24, 2.45) is 0 Å². The molecule has 0 fully saturated rings. The van der Waals surface area contributed by atoms with E-state index in [0.717, 1.165) is 11.3 Å². The van der Waals surface area contributed by atoms with Gasteiger partial charge in [0.15, 0.2) is 11.5 Å². The number of hydrogen-bond donors (Lipinski definition) is 1. The highest BCUT2D eigenvalue weighted by Gasteiger charge is 2.15. The number of hydrogen-bond acceptors (Lipinski definition) is 6. The summed E-state index contributed by atoms with van der Waals surface area (Å²) in [5.74, 6) is 0.637. The molecule has 0 radical (unpaired) electrons. The van der Waals surface area contributed by atoms with E-state index >= 15 is 0 Å². The fraction of sp³-hybridized carbons (Fsp3) is 0.158. The lowest BCUT2D eigenvalue weighted by molar-refractivity contribution is -0.384. The van der Waals surface area contributed by atoms with Crippen LogP contribution in [-0.4, -0.2) is 22.1 Å². The van der Waals surface area contributed by atoms with Crippen LogP contribution in [0.25, 0.3) is 11.3 Å². The normalized spacial score (nSPS) is 10.6. The molecule has 2 aromatic carbocycles. The predicted molar refractivity (Wildman–Crippen MR) is 98.8 cm³/mol. The van der Waals surface area contributed by atoms with Gasteiger partial charge in [0, 0.05) is 29.4 Å². The number of anilines is 1. The van der Waals surface area contributed by atoms with Crippen molar-refractivity contribution in [3.8, 4) is 17.1 Å². The summed E-state index contributed by atoms with van der Waals surface area (Å²) >= 11 is 0. The molecule has 0 saturated carbocycles. The van der Waals surface area contributed by atoms with Crippen LogP contribution < -0.4 is 10.1 Å². The zero-order valence-electron chi connectivity index (χ0n) is 14.7. The highest BCUT2D eigenvalue weighted by Crippen LogP contribution is 2.24. The number of amides is 1. The van der Waals surface area contributed by atoms with Crippen LogP contribution in [0.2, 0.25) is 0 Å². The van der Waals surface area contributed by atoms with Gasteiger partial charge in [-0.1, -0.05) is 11.2 Å². The van der Waals surface area contributed by atoms with Crippen LogP contribution in [0.3, 0.4) is 0 Å². The third-order valence-electron chi connectivity index (χ3n) is 3.57. The van der Waals surface area contributed by atoms with Gasteiger partial charge in [0.25, 0.3) is 11.6 Å². The van der Waals surface area contributed by atoms with E-state index in [4.69, 9.17) is 9.26 Å². The SMILES string of the molecule is CC(C)Oc1ccc(-c2cc(C(=O)Nc3cccc([N+](=O)[O-])c3)no2)cc1. The van der Waals surface area contributed by atoms with Gasteiger partial charge in [0.05, 0.1) is 11.0 Å². The van der Waals surface area contributed by atoms with E-state index in [0.29, 0.717) is 11.4 Å². The van der Waals surface area contributed by atoms with Crippen molar-refractivity contribution in [2.75, 3.05) is 5.32 Å². The first-order valence-electron chi connectivity index (χ1n) is 8.22. The van der Waals surface area contributed by atoms with Crippen molar-refractivity contribution in [3.63, 3.8) is 0 Å². The van der Waals surface area contributed by atoms with Gasteiger partial charge in [-0.05, 0) is 44.2 Å². The van der Waals surface area contributed by atoms with Crippen LogP contribution in [0.15, 0.2) is 59.1 Å². The molecule has 0 atom stereocenters.